The van der Waals surface area contributed by atoms with Crippen LogP contribution >= 0.6 is 0 Å². The van der Waals surface area contributed by atoms with Crippen LogP contribution in [0.4, 0.5) is 32.3 Å². The van der Waals surface area contributed by atoms with E-state index in [0.717, 1.165) is 18.8 Å². The molecule has 8 nitrogen and oxygen atoms in total. The minimum atomic E-state index is -4.60. The molecule has 1 fully saturated rings. The summed E-state index contributed by atoms with van der Waals surface area (Å²) < 4.78 is 75.7. The van der Waals surface area contributed by atoms with E-state index in [2.05, 4.69) is 15.1 Å². The van der Waals surface area contributed by atoms with E-state index in [1.807, 2.05) is 25.9 Å². The van der Waals surface area contributed by atoms with Gasteiger partial charge < -0.3 is 9.80 Å². The number of nitrogens with one attached hydrogen (secondary N) is 1. The first kappa shape index (κ1) is 29.4. The number of hydrogen-bond acceptors (Lipinski definition) is 6. The number of carbonyl (C=O) groups excluding carboxylic acids is 1. The van der Waals surface area contributed by atoms with Crippen LogP contribution < -0.4 is 10.5 Å². The lowest BCUT2D eigenvalue weighted by Gasteiger charge is -2.34. The largest absolute Gasteiger partial charge is 0.422 e. The van der Waals surface area contributed by atoms with Crippen molar-refractivity contribution < 1.29 is 31.1 Å². The van der Waals surface area contributed by atoms with Crippen molar-refractivity contribution in [1.29, 1.82) is 0 Å². The summed E-state index contributed by atoms with van der Waals surface area (Å²) in [5, 5.41) is 5.76. The number of amides is 1. The highest BCUT2D eigenvalue weighted by Gasteiger charge is 2.41. The van der Waals surface area contributed by atoms with Crippen molar-refractivity contribution in [1.82, 2.24) is 25.1 Å². The topological polar surface area (TPSA) is 95.1 Å². The van der Waals surface area contributed by atoms with Crippen LogP contribution in [-0.2, 0) is 23.6 Å². The maximum atomic E-state index is 12.8. The van der Waals surface area contributed by atoms with E-state index in [4.69, 9.17) is 0 Å². The Balaban J connectivity index is 0.000000215. The summed E-state index contributed by atoms with van der Waals surface area (Å²) in [6.45, 7) is 7.98. The molecule has 2 aromatic heterocycles. The Labute approximate surface area is 215 Å². The molecule has 14 heteroatoms. The number of carbonyl (C=O) groups is 1. The van der Waals surface area contributed by atoms with Crippen molar-refractivity contribution in [2.45, 2.75) is 64.7 Å². The summed E-state index contributed by atoms with van der Waals surface area (Å²) in [5.41, 5.74) is -2.57. The second kappa shape index (κ2) is 11.7. The molecule has 0 bridgehead atoms. The number of anilines is 1. The van der Waals surface area contributed by atoms with Gasteiger partial charge >= 0.3 is 12.4 Å². The zero-order valence-corrected chi connectivity index (χ0v) is 21.3. The van der Waals surface area contributed by atoms with Gasteiger partial charge in [0.2, 0.25) is 11.9 Å². The van der Waals surface area contributed by atoms with E-state index >= 15 is 0 Å². The van der Waals surface area contributed by atoms with E-state index < -0.39 is 29.0 Å². The van der Waals surface area contributed by atoms with Crippen LogP contribution in [0.25, 0.3) is 0 Å². The summed E-state index contributed by atoms with van der Waals surface area (Å²) in [4.78, 5) is 34.1. The van der Waals surface area contributed by atoms with Gasteiger partial charge in [0.1, 0.15) is 5.56 Å². The second-order valence-corrected chi connectivity index (χ2v) is 9.57. The monoisotopic (exact) mass is 548 g/mol. The summed E-state index contributed by atoms with van der Waals surface area (Å²) in [6, 6.07) is 0. The van der Waals surface area contributed by atoms with Crippen molar-refractivity contribution in [3.63, 3.8) is 0 Å². The van der Waals surface area contributed by atoms with E-state index in [0.29, 0.717) is 44.7 Å². The Morgan fingerprint density at radius 3 is 2.16 bits per heavy atom. The Kier molecular flexibility index (Phi) is 9.03. The highest BCUT2D eigenvalue weighted by Crippen LogP contribution is 2.41. The molecule has 1 unspecified atom stereocenters. The lowest BCUT2D eigenvalue weighted by atomic mass is 9.93. The van der Waals surface area contributed by atoms with Gasteiger partial charge in [0.25, 0.3) is 5.56 Å². The van der Waals surface area contributed by atoms with Crippen LogP contribution in [0.5, 0.6) is 0 Å². The summed E-state index contributed by atoms with van der Waals surface area (Å²) in [6.07, 6.45) is -5.22. The Hall–Kier alpha value is -3.19. The molecule has 1 aliphatic carbocycles. The zero-order chi connectivity index (χ0) is 28.3. The van der Waals surface area contributed by atoms with Gasteiger partial charge in [-0.3, -0.25) is 9.59 Å². The highest BCUT2D eigenvalue weighted by molar-refractivity contribution is 5.76. The average Bonchev–Trinajstić information content (AvgIpc) is 3.27. The molecule has 38 heavy (non-hydrogen) atoms. The molecule has 4 rings (SSSR count). The molecular formula is C24H30F6N6O2. The maximum Gasteiger partial charge on any atom is 0.422 e. The Bertz CT molecular complexity index is 1150. The normalized spacial score (nSPS) is 17.8. The van der Waals surface area contributed by atoms with E-state index in [-0.39, 0.29) is 35.7 Å². The number of piperazine rings is 1. The van der Waals surface area contributed by atoms with E-state index in [1.54, 1.807) is 9.80 Å². The summed E-state index contributed by atoms with van der Waals surface area (Å²) in [7, 11) is 0. The molecule has 210 valence electrons. The third-order valence-electron chi connectivity index (χ3n) is 6.61. The van der Waals surface area contributed by atoms with Crippen LogP contribution in [0.3, 0.4) is 0 Å². The minimum absolute atomic E-state index is 0.00273. The van der Waals surface area contributed by atoms with Gasteiger partial charge in [-0.2, -0.15) is 31.4 Å². The van der Waals surface area contributed by atoms with Crippen LogP contribution in [0, 0.1) is 5.92 Å². The number of rotatable bonds is 4. The first-order chi connectivity index (χ1) is 17.7. The fourth-order valence-electron chi connectivity index (χ4n) is 4.60. The van der Waals surface area contributed by atoms with Crippen molar-refractivity contribution in [3.05, 3.63) is 45.1 Å². The van der Waals surface area contributed by atoms with Gasteiger partial charge in [-0.05, 0) is 30.7 Å². The number of H-pyrrole nitrogens is 1. The first-order valence-corrected chi connectivity index (χ1v) is 12.3. The predicted molar refractivity (Wildman–Crippen MR) is 126 cm³/mol. The molecule has 0 saturated carbocycles. The van der Waals surface area contributed by atoms with Crippen molar-refractivity contribution in [2.24, 2.45) is 5.92 Å². The second-order valence-electron chi connectivity index (χ2n) is 9.57. The Morgan fingerprint density at radius 1 is 1.05 bits per heavy atom. The number of alkyl halides is 6. The number of aromatic nitrogens is 4. The molecule has 0 spiro atoms. The van der Waals surface area contributed by atoms with Crippen LogP contribution in [0.1, 0.15) is 68.3 Å². The zero-order valence-electron chi connectivity index (χ0n) is 21.3. The Morgan fingerprint density at radius 2 is 1.66 bits per heavy atom. The lowest BCUT2D eigenvalue weighted by molar-refractivity contribution is -0.139. The minimum Gasteiger partial charge on any atom is -0.339 e. The van der Waals surface area contributed by atoms with E-state index in [9.17, 15) is 35.9 Å². The predicted octanol–water partition coefficient (Wildman–Crippen LogP) is 4.42. The van der Waals surface area contributed by atoms with Gasteiger partial charge in [-0.1, -0.05) is 20.8 Å². The van der Waals surface area contributed by atoms with Crippen molar-refractivity contribution in [3.8, 4) is 0 Å². The maximum absolute atomic E-state index is 12.8. The van der Waals surface area contributed by atoms with Crippen molar-refractivity contribution >= 4 is 11.9 Å². The number of nitrogens with zero attached hydrogens (tertiary/aromatic N) is 5. The van der Waals surface area contributed by atoms with Crippen LogP contribution in [0.15, 0.2) is 17.2 Å². The van der Waals surface area contributed by atoms with Gasteiger partial charge in [0.05, 0.1) is 11.3 Å². The van der Waals surface area contributed by atoms with Gasteiger partial charge in [0.15, 0.2) is 0 Å². The standard InChI is InChI=1S/C13H17F3N4O.C11H13F3N2O/c1-2-3-11(21)19-4-6-20(7-5-19)12-17-8-10(9-18-12)13(14,15)16;1-5(2)6-3-4-7-8(11(12,13)14)10(17)16-15-9(6)7/h8-9H,2-7H2,1H3;5-6H,3-4H2,1-2H3,(H,16,17). The molecule has 0 radical (unpaired) electrons. The van der Waals surface area contributed by atoms with Crippen LogP contribution in [0.2, 0.25) is 0 Å². The molecular weight excluding hydrogens is 518 g/mol. The molecule has 1 saturated heterocycles. The van der Waals surface area contributed by atoms with E-state index in [1.165, 1.54) is 0 Å². The quantitative estimate of drug-likeness (QED) is 0.569. The number of fused-ring (bicyclic) bond motifs is 1. The smallest absolute Gasteiger partial charge is 0.339 e. The van der Waals surface area contributed by atoms with Gasteiger partial charge in [-0.25, -0.2) is 15.1 Å². The van der Waals surface area contributed by atoms with Crippen LogP contribution in [-0.4, -0.2) is 57.2 Å². The van der Waals surface area contributed by atoms with Gasteiger partial charge in [-0.15, -0.1) is 0 Å². The summed E-state index contributed by atoms with van der Waals surface area (Å²) >= 11 is 0. The third kappa shape index (κ3) is 6.81. The molecule has 1 amide bonds. The average molecular weight is 549 g/mol. The SMILES string of the molecule is CC(C)C1CCc2c1n[nH]c(=O)c2C(F)(F)F.CCCC(=O)N1CCN(c2ncc(C(F)(F)F)cn2)CC1. The number of aromatic amines is 1. The molecule has 2 aromatic rings. The third-order valence-corrected chi connectivity index (χ3v) is 6.61. The molecule has 2 aliphatic rings. The molecule has 0 aromatic carbocycles. The highest BCUT2D eigenvalue weighted by atomic mass is 19.4. The molecule has 3 heterocycles. The first-order valence-electron chi connectivity index (χ1n) is 12.3. The molecule has 1 atom stereocenters. The van der Waals surface area contributed by atoms with Crippen molar-refractivity contribution in [2.75, 3.05) is 31.1 Å². The number of hydrogen-bond donors (Lipinski definition) is 1. The lowest BCUT2D eigenvalue weighted by Crippen LogP contribution is -2.49. The summed E-state index contributed by atoms with van der Waals surface area (Å²) in [5.74, 6) is 0.606. The fourth-order valence-corrected chi connectivity index (χ4v) is 4.60. The molecule has 1 aliphatic heterocycles. The fraction of sp³-hybridized carbons (Fsp3) is 0.625. The number of halogens is 6. The van der Waals surface area contributed by atoms with Gasteiger partial charge in [0, 0.05) is 50.9 Å². The molecule has 1 N–H and O–H groups in total.